The van der Waals surface area contributed by atoms with Gasteiger partial charge in [-0.2, -0.15) is 0 Å². The van der Waals surface area contributed by atoms with Crippen LogP contribution in [0.5, 0.6) is 5.75 Å². The van der Waals surface area contributed by atoms with Gasteiger partial charge in [0.1, 0.15) is 10.8 Å². The SMILES string of the molecule is COc1ccc(C2C(C(=O)c3sc(-c4ccccc4)nc3C)=C(O)C(=O)N2c2nc3cc(C)c(C)cc3[nH]2)cc1. The zero-order valence-electron chi connectivity index (χ0n) is 22.4. The predicted molar refractivity (Wildman–Crippen MR) is 155 cm³/mol. The van der Waals surface area contributed by atoms with Crippen LogP contribution in [0.4, 0.5) is 5.95 Å². The number of aromatic nitrogens is 3. The molecule has 0 spiro atoms. The first-order valence-corrected chi connectivity index (χ1v) is 13.5. The van der Waals surface area contributed by atoms with Crippen molar-refractivity contribution >= 4 is 40.0 Å². The third-order valence-corrected chi connectivity index (χ3v) is 8.43. The Kier molecular flexibility index (Phi) is 6.23. The number of nitrogens with one attached hydrogen (secondary N) is 1. The molecule has 1 atom stereocenters. The van der Waals surface area contributed by atoms with Crippen molar-refractivity contribution in [3.63, 3.8) is 0 Å². The minimum Gasteiger partial charge on any atom is -0.503 e. The van der Waals surface area contributed by atoms with E-state index in [4.69, 9.17) is 4.74 Å². The van der Waals surface area contributed by atoms with Gasteiger partial charge < -0.3 is 14.8 Å². The molecule has 3 heterocycles. The van der Waals surface area contributed by atoms with Gasteiger partial charge in [-0.1, -0.05) is 42.5 Å². The number of aryl methyl sites for hydroxylation is 3. The van der Waals surface area contributed by atoms with Crippen LogP contribution in [0.3, 0.4) is 0 Å². The number of carbonyl (C=O) groups excluding carboxylic acids is 2. The van der Waals surface area contributed by atoms with Crippen LogP contribution < -0.4 is 9.64 Å². The maximum Gasteiger partial charge on any atom is 0.296 e. The standard InChI is InChI=1S/C31H26N4O4S/c1-16-14-22-23(15-17(16)2)34-31(33-22)35-25(19-10-12-21(39-4)13-11-19)24(27(37)30(35)38)26(36)28-18(3)32-29(40-28)20-8-6-5-7-9-20/h5-15,25,37H,1-4H3,(H,33,34). The number of thiazole rings is 1. The lowest BCUT2D eigenvalue weighted by molar-refractivity contribution is -0.117. The maximum absolute atomic E-state index is 14.1. The van der Waals surface area contributed by atoms with Crippen LogP contribution >= 0.6 is 11.3 Å². The molecule has 1 aliphatic rings. The number of amides is 1. The van der Waals surface area contributed by atoms with Gasteiger partial charge in [0.15, 0.2) is 5.76 Å². The lowest BCUT2D eigenvalue weighted by Gasteiger charge is -2.24. The number of fused-ring (bicyclic) bond motifs is 1. The largest absolute Gasteiger partial charge is 0.503 e. The van der Waals surface area contributed by atoms with Crippen molar-refractivity contribution in [1.29, 1.82) is 0 Å². The molecule has 0 saturated heterocycles. The van der Waals surface area contributed by atoms with Crippen LogP contribution in [0.25, 0.3) is 21.6 Å². The smallest absolute Gasteiger partial charge is 0.296 e. The molecule has 0 radical (unpaired) electrons. The van der Waals surface area contributed by atoms with Gasteiger partial charge in [-0.05, 0) is 61.7 Å². The van der Waals surface area contributed by atoms with Crippen LogP contribution in [-0.2, 0) is 4.79 Å². The van der Waals surface area contributed by atoms with Gasteiger partial charge in [-0.15, -0.1) is 11.3 Å². The second-order valence-electron chi connectivity index (χ2n) is 9.76. The summed E-state index contributed by atoms with van der Waals surface area (Å²) in [4.78, 5) is 42.0. The van der Waals surface area contributed by atoms with Crippen LogP contribution in [0.1, 0.15) is 38.1 Å². The van der Waals surface area contributed by atoms with Crippen LogP contribution in [0.2, 0.25) is 0 Å². The molecule has 40 heavy (non-hydrogen) atoms. The molecule has 9 heteroatoms. The number of hydrogen-bond donors (Lipinski definition) is 2. The Balaban J connectivity index is 1.48. The van der Waals surface area contributed by atoms with E-state index in [0.29, 0.717) is 32.4 Å². The molecule has 5 aromatic rings. The van der Waals surface area contributed by atoms with Gasteiger partial charge >= 0.3 is 0 Å². The molecule has 1 amide bonds. The van der Waals surface area contributed by atoms with E-state index >= 15 is 0 Å². The van der Waals surface area contributed by atoms with E-state index in [1.807, 2.05) is 56.3 Å². The molecule has 0 fully saturated rings. The van der Waals surface area contributed by atoms with Crippen molar-refractivity contribution in [2.24, 2.45) is 0 Å². The quantitative estimate of drug-likeness (QED) is 0.237. The number of hydrogen-bond acceptors (Lipinski definition) is 7. The van der Waals surface area contributed by atoms with Crippen molar-refractivity contribution in [1.82, 2.24) is 15.0 Å². The Labute approximate surface area is 234 Å². The fraction of sp³-hybridized carbons (Fsp3) is 0.161. The number of Topliss-reactive ketones (excluding diaryl/α,β-unsaturated/α-hetero) is 1. The van der Waals surface area contributed by atoms with Gasteiger partial charge in [-0.25, -0.2) is 9.97 Å². The minimum atomic E-state index is -0.921. The highest BCUT2D eigenvalue weighted by atomic mass is 32.1. The Morgan fingerprint density at radius 3 is 2.40 bits per heavy atom. The maximum atomic E-state index is 14.1. The van der Waals surface area contributed by atoms with E-state index < -0.39 is 23.5 Å². The van der Waals surface area contributed by atoms with Crippen molar-refractivity contribution < 1.29 is 19.4 Å². The number of ketones is 1. The summed E-state index contributed by atoms with van der Waals surface area (Å²) in [6.45, 7) is 5.76. The molecular formula is C31H26N4O4S. The monoisotopic (exact) mass is 550 g/mol. The predicted octanol–water partition coefficient (Wildman–Crippen LogP) is 6.40. The summed E-state index contributed by atoms with van der Waals surface area (Å²) in [7, 11) is 1.57. The van der Waals surface area contributed by atoms with Crippen molar-refractivity contribution in [3.05, 3.63) is 105 Å². The summed E-state index contributed by atoms with van der Waals surface area (Å²) in [6, 6.07) is 19.6. The number of benzene rings is 3. The van der Waals surface area contributed by atoms with Gasteiger partial charge in [0, 0.05) is 5.56 Å². The molecule has 0 bridgehead atoms. The summed E-state index contributed by atoms with van der Waals surface area (Å²) in [5, 5.41) is 11.9. The Bertz CT molecular complexity index is 1780. The number of nitrogens with zero attached hydrogens (tertiary/aromatic N) is 3. The number of ether oxygens (including phenoxy) is 1. The number of aliphatic hydroxyl groups is 1. The van der Waals surface area contributed by atoms with E-state index in [1.165, 1.54) is 16.2 Å². The van der Waals surface area contributed by atoms with Crippen molar-refractivity contribution in [2.75, 3.05) is 12.0 Å². The Morgan fingerprint density at radius 2 is 1.70 bits per heavy atom. The molecule has 6 rings (SSSR count). The van der Waals surface area contributed by atoms with Gasteiger partial charge in [-0.3, -0.25) is 14.5 Å². The first kappa shape index (κ1) is 25.5. The van der Waals surface area contributed by atoms with Crippen LogP contribution in [0, 0.1) is 20.8 Å². The van der Waals surface area contributed by atoms with E-state index in [2.05, 4.69) is 15.0 Å². The third kappa shape index (κ3) is 4.15. The first-order chi connectivity index (χ1) is 19.3. The van der Waals surface area contributed by atoms with Gasteiger partial charge in [0.25, 0.3) is 5.91 Å². The molecule has 200 valence electrons. The fourth-order valence-corrected chi connectivity index (χ4v) is 5.99. The molecule has 3 aromatic carbocycles. The zero-order valence-corrected chi connectivity index (χ0v) is 23.2. The van der Waals surface area contributed by atoms with E-state index in [-0.39, 0.29) is 11.5 Å². The van der Waals surface area contributed by atoms with Crippen LogP contribution in [-0.4, -0.2) is 38.9 Å². The number of methoxy groups -OCH3 is 1. The normalized spacial score (nSPS) is 15.3. The van der Waals surface area contributed by atoms with E-state index in [0.717, 1.165) is 22.2 Å². The average Bonchev–Trinajstić information content (AvgIpc) is 3.62. The van der Waals surface area contributed by atoms with Gasteiger partial charge in [0.05, 0.1) is 40.3 Å². The summed E-state index contributed by atoms with van der Waals surface area (Å²) >= 11 is 1.24. The number of aromatic amines is 1. The number of H-pyrrole nitrogens is 1. The number of imidazole rings is 1. The van der Waals surface area contributed by atoms with Crippen LogP contribution in [0.15, 0.2) is 78.1 Å². The Hall–Kier alpha value is -4.76. The minimum absolute atomic E-state index is 0.0191. The zero-order chi connectivity index (χ0) is 28.1. The molecule has 0 saturated carbocycles. The molecule has 0 aliphatic carbocycles. The molecule has 2 aromatic heterocycles. The average molecular weight is 551 g/mol. The molecule has 1 aliphatic heterocycles. The summed E-state index contributed by atoms with van der Waals surface area (Å²) < 4.78 is 5.32. The summed E-state index contributed by atoms with van der Waals surface area (Å²) in [5.41, 5.74) is 5.61. The third-order valence-electron chi connectivity index (χ3n) is 7.22. The number of aliphatic hydroxyl groups excluding tert-OH is 1. The topological polar surface area (TPSA) is 108 Å². The first-order valence-electron chi connectivity index (χ1n) is 12.7. The second-order valence-corrected chi connectivity index (χ2v) is 10.8. The van der Waals surface area contributed by atoms with E-state index in [9.17, 15) is 14.7 Å². The molecular weight excluding hydrogens is 524 g/mol. The number of carbonyl (C=O) groups is 2. The van der Waals surface area contributed by atoms with Crippen molar-refractivity contribution in [3.8, 4) is 16.3 Å². The van der Waals surface area contributed by atoms with Gasteiger partial charge in [0.2, 0.25) is 11.7 Å². The molecule has 8 nitrogen and oxygen atoms in total. The number of anilines is 1. The highest BCUT2D eigenvalue weighted by Gasteiger charge is 2.46. The lowest BCUT2D eigenvalue weighted by Crippen LogP contribution is -2.32. The summed E-state index contributed by atoms with van der Waals surface area (Å²) in [5.74, 6) is -0.892. The molecule has 1 unspecified atom stereocenters. The highest BCUT2D eigenvalue weighted by molar-refractivity contribution is 7.17. The highest BCUT2D eigenvalue weighted by Crippen LogP contribution is 2.43. The Morgan fingerprint density at radius 1 is 1.00 bits per heavy atom. The lowest BCUT2D eigenvalue weighted by atomic mass is 9.95. The molecule has 2 N–H and O–H groups in total. The van der Waals surface area contributed by atoms with Crippen molar-refractivity contribution in [2.45, 2.75) is 26.8 Å². The second kappa shape index (κ2) is 9.77. The van der Waals surface area contributed by atoms with E-state index in [1.54, 1.807) is 38.3 Å². The number of rotatable bonds is 6. The summed E-state index contributed by atoms with van der Waals surface area (Å²) in [6.07, 6.45) is 0. The fourth-order valence-electron chi connectivity index (χ4n) is 4.96.